The van der Waals surface area contributed by atoms with E-state index in [1.165, 1.54) is 104 Å². The van der Waals surface area contributed by atoms with E-state index in [-0.39, 0.29) is 34.7 Å². The summed E-state index contributed by atoms with van der Waals surface area (Å²) < 4.78 is 28.7. The first kappa shape index (κ1) is 51.2. The molecule has 4 spiro atoms. The number of cyclic esters (lactones) is 4. The summed E-state index contributed by atoms with van der Waals surface area (Å²) in [6.45, 7) is 9.14. The lowest BCUT2D eigenvalue weighted by Crippen LogP contribution is -2.32. The molecule has 0 aromatic rings. The number of hydrogen-bond acceptors (Lipinski definition) is 14. The summed E-state index contributed by atoms with van der Waals surface area (Å²) in [5.41, 5.74) is 0.617. The average Bonchev–Trinajstić information content (AvgIpc) is 4.16. The van der Waals surface area contributed by atoms with Gasteiger partial charge in [0.05, 0.1) is 64.3 Å². The van der Waals surface area contributed by atoms with Crippen LogP contribution in [0.2, 0.25) is 0 Å². The van der Waals surface area contributed by atoms with Crippen molar-refractivity contribution in [2.24, 2.45) is 69.0 Å². The number of fused-ring (bicyclic) bond motifs is 12. The Kier molecular flexibility index (Phi) is 18.1. The quantitative estimate of drug-likeness (QED) is 0.165. The van der Waals surface area contributed by atoms with Crippen molar-refractivity contribution >= 4 is 35.8 Å². The van der Waals surface area contributed by atoms with Gasteiger partial charge in [-0.15, -0.1) is 0 Å². The van der Waals surface area contributed by atoms with Gasteiger partial charge in [-0.2, -0.15) is 0 Å². The van der Waals surface area contributed by atoms with E-state index >= 15 is 0 Å². The molecule has 12 fully saturated rings. The summed E-state index contributed by atoms with van der Waals surface area (Å²) in [6, 6.07) is 0. The Morgan fingerprint density at radius 2 is 0.859 bits per heavy atom. The second-order valence-corrected chi connectivity index (χ2v) is 20.3. The second kappa shape index (κ2) is 22.6. The third kappa shape index (κ3) is 10.9. The van der Waals surface area contributed by atoms with E-state index in [1.54, 1.807) is 0 Å². The van der Waals surface area contributed by atoms with Gasteiger partial charge in [0, 0.05) is 37.2 Å². The Morgan fingerprint density at radius 1 is 0.531 bits per heavy atom. The number of carbonyl (C=O) groups is 6. The molecule has 12 rings (SSSR count). The Balaban J connectivity index is 0.000000145. The minimum Gasteiger partial charge on any atom is -0.466 e. The zero-order chi connectivity index (χ0) is 46.7. The Labute approximate surface area is 379 Å². The van der Waals surface area contributed by atoms with Crippen LogP contribution in [0.15, 0.2) is 25.3 Å². The van der Waals surface area contributed by atoms with Crippen LogP contribution in [0.1, 0.15) is 128 Å². The van der Waals surface area contributed by atoms with Gasteiger partial charge in [-0.3, -0.25) is 19.2 Å². The molecular weight excluding hydrogens is 825 g/mol. The first-order valence-electron chi connectivity index (χ1n) is 23.8. The largest absolute Gasteiger partial charge is 0.466 e. The minimum absolute atomic E-state index is 0.00289. The van der Waals surface area contributed by atoms with Crippen LogP contribution in [0.4, 0.5) is 0 Å². The topological polar surface area (TPSA) is 198 Å². The molecule has 8 aliphatic carbocycles. The highest BCUT2D eigenvalue weighted by molar-refractivity contribution is 5.81. The number of methoxy groups -OCH3 is 2. The molecule has 4 heterocycles. The molecule has 8 bridgehead atoms. The van der Waals surface area contributed by atoms with Gasteiger partial charge in [0.15, 0.2) is 0 Å². The predicted molar refractivity (Wildman–Crippen MR) is 235 cm³/mol. The van der Waals surface area contributed by atoms with Crippen molar-refractivity contribution in [3.05, 3.63) is 25.3 Å². The van der Waals surface area contributed by atoms with Crippen molar-refractivity contribution in [1.82, 2.24) is 0 Å². The predicted octanol–water partition coefficient (Wildman–Crippen LogP) is 6.87. The smallest absolute Gasteiger partial charge is 0.329 e. The first-order valence-corrected chi connectivity index (χ1v) is 23.8. The van der Waals surface area contributed by atoms with E-state index in [1.807, 2.05) is 0 Å². The number of ether oxygens (including phenoxy) is 6. The van der Waals surface area contributed by atoms with Gasteiger partial charge in [0.25, 0.3) is 0 Å². The number of carbonyl (C=O) groups excluding carboxylic acids is 6. The maximum Gasteiger partial charge on any atom is 0.329 e. The Hall–Kier alpha value is -3.78. The zero-order valence-corrected chi connectivity index (χ0v) is 39.0. The van der Waals surface area contributed by atoms with Crippen LogP contribution in [0.3, 0.4) is 0 Å². The van der Waals surface area contributed by atoms with Gasteiger partial charge >= 0.3 is 35.8 Å². The highest BCUT2D eigenvalue weighted by atomic mass is 16.6. The molecule has 0 radical (unpaired) electrons. The normalized spacial score (nSPS) is 39.3. The lowest BCUT2D eigenvalue weighted by atomic mass is 9.72. The molecule has 0 aromatic heterocycles. The van der Waals surface area contributed by atoms with Crippen LogP contribution in [0.5, 0.6) is 0 Å². The SMILES string of the molecule is C=CC(=O)OC.C=CC(=O)OC.CO.CO.O=C1CC2(CO1)CC1CCC2C1.O=C1CC2(CO1)CC1CCC2C1.O=C1OCCC12CC1CCC2C1.O=C1OCCC12CC1CCC2C1. The van der Waals surface area contributed by atoms with Gasteiger partial charge in [-0.05, 0) is 137 Å². The van der Waals surface area contributed by atoms with Gasteiger partial charge in [0.2, 0.25) is 0 Å². The maximum atomic E-state index is 11.6. The van der Waals surface area contributed by atoms with Crippen molar-refractivity contribution in [3.63, 3.8) is 0 Å². The standard InChI is InChI=1S/4C10H14O2.2C4H6O2.2CH4O/c2*11-9-5-10(6-12-9)4-7-1-2-8(10)3-7;2*11-9-10(3-4-12-9)6-7-1-2-8(10)5-7;2*1-3-4(5)6-2;2*1-2/h4*7-8H,1-6H2;2*3H,1H2,2H3;2*2H,1H3. The third-order valence-electron chi connectivity index (χ3n) is 17.3. The number of aliphatic hydroxyl groups is 2. The number of hydrogen-bond donors (Lipinski definition) is 2. The van der Waals surface area contributed by atoms with Gasteiger partial charge < -0.3 is 38.6 Å². The molecule has 4 saturated heterocycles. The summed E-state index contributed by atoms with van der Waals surface area (Å²) in [5.74, 6) is 6.06. The molecule has 0 amide bonds. The van der Waals surface area contributed by atoms with Crippen molar-refractivity contribution in [2.45, 2.75) is 128 Å². The molecular formula is C50H76O14. The first-order chi connectivity index (χ1) is 30.8. The fourth-order valence-corrected chi connectivity index (χ4v) is 14.4. The summed E-state index contributed by atoms with van der Waals surface area (Å²) in [5, 5.41) is 14.0. The van der Waals surface area contributed by atoms with E-state index in [4.69, 9.17) is 29.2 Å². The highest BCUT2D eigenvalue weighted by Gasteiger charge is 2.60. The summed E-state index contributed by atoms with van der Waals surface area (Å²) in [6.07, 6.45) is 26.6. The number of esters is 6. The summed E-state index contributed by atoms with van der Waals surface area (Å²) in [4.78, 5) is 64.9. The van der Waals surface area contributed by atoms with Crippen LogP contribution < -0.4 is 0 Å². The molecule has 12 atom stereocenters. The van der Waals surface area contributed by atoms with Crippen LogP contribution in [0.25, 0.3) is 0 Å². The monoisotopic (exact) mass is 901 g/mol. The van der Waals surface area contributed by atoms with Crippen LogP contribution in [0, 0.1) is 69.0 Å². The molecule has 2 N–H and O–H groups in total. The van der Waals surface area contributed by atoms with E-state index < -0.39 is 11.9 Å². The maximum absolute atomic E-state index is 11.6. The highest BCUT2D eigenvalue weighted by Crippen LogP contribution is 2.62. The van der Waals surface area contributed by atoms with Crippen molar-refractivity contribution in [2.75, 3.05) is 54.9 Å². The fourth-order valence-electron chi connectivity index (χ4n) is 14.4. The lowest BCUT2D eigenvalue weighted by molar-refractivity contribution is -0.149. The molecule has 4 aliphatic heterocycles. The van der Waals surface area contributed by atoms with E-state index in [0.29, 0.717) is 48.7 Å². The minimum atomic E-state index is -0.394. The van der Waals surface area contributed by atoms with Crippen molar-refractivity contribution in [1.29, 1.82) is 0 Å². The van der Waals surface area contributed by atoms with Crippen molar-refractivity contribution in [3.8, 4) is 0 Å². The van der Waals surface area contributed by atoms with Gasteiger partial charge in [-0.25, -0.2) is 9.59 Å². The molecule has 360 valence electrons. The van der Waals surface area contributed by atoms with Crippen LogP contribution in [-0.2, 0) is 57.2 Å². The van der Waals surface area contributed by atoms with Gasteiger partial charge in [0.1, 0.15) is 0 Å². The Morgan fingerprint density at radius 3 is 1.03 bits per heavy atom. The summed E-state index contributed by atoms with van der Waals surface area (Å²) >= 11 is 0. The summed E-state index contributed by atoms with van der Waals surface area (Å²) in [7, 11) is 4.62. The molecule has 14 heteroatoms. The molecule has 14 nitrogen and oxygen atoms in total. The van der Waals surface area contributed by atoms with Crippen LogP contribution in [-0.4, -0.2) is 101 Å². The second-order valence-electron chi connectivity index (χ2n) is 20.3. The molecule has 12 aliphatic rings. The molecule has 12 unspecified atom stereocenters. The Bertz CT molecular complexity index is 1560. The fraction of sp³-hybridized carbons (Fsp3) is 0.800. The third-order valence-corrected chi connectivity index (χ3v) is 17.3. The van der Waals surface area contributed by atoms with E-state index in [2.05, 4.69) is 22.6 Å². The van der Waals surface area contributed by atoms with E-state index in [9.17, 15) is 28.8 Å². The van der Waals surface area contributed by atoms with Crippen LogP contribution >= 0.6 is 0 Å². The average molecular weight is 901 g/mol. The lowest BCUT2D eigenvalue weighted by Gasteiger charge is -2.30. The van der Waals surface area contributed by atoms with Crippen molar-refractivity contribution < 1.29 is 67.4 Å². The molecule has 8 saturated carbocycles. The molecule has 0 aromatic carbocycles. The van der Waals surface area contributed by atoms with Gasteiger partial charge in [-0.1, -0.05) is 38.8 Å². The zero-order valence-electron chi connectivity index (χ0n) is 39.0. The van der Waals surface area contributed by atoms with E-state index in [0.717, 1.165) is 101 Å². The number of aliphatic hydroxyl groups excluding tert-OH is 2. The number of rotatable bonds is 2. The molecule has 64 heavy (non-hydrogen) atoms.